The van der Waals surface area contributed by atoms with Gasteiger partial charge >= 0.3 is 5.69 Å². The molecule has 0 bridgehead atoms. The molecule has 0 aliphatic carbocycles. The Hall–Kier alpha value is -2.77. The van der Waals surface area contributed by atoms with Crippen LogP contribution in [-0.4, -0.2) is 21.0 Å². The van der Waals surface area contributed by atoms with E-state index >= 15 is 0 Å². The maximum atomic E-state index is 13.0. The summed E-state index contributed by atoms with van der Waals surface area (Å²) in [6.07, 6.45) is 0. The number of anilines is 1. The lowest BCUT2D eigenvalue weighted by atomic mass is 10.2. The second kappa shape index (κ2) is 4.84. The summed E-state index contributed by atoms with van der Waals surface area (Å²) in [5, 5.41) is 19.1. The van der Waals surface area contributed by atoms with Crippen LogP contribution in [0, 0.1) is 22.9 Å². The van der Waals surface area contributed by atoms with Gasteiger partial charge in [0.15, 0.2) is 0 Å². The minimum Gasteiger partial charge on any atom is -0.320 e. The average molecular weight is 264 g/mol. The zero-order valence-corrected chi connectivity index (χ0v) is 9.81. The number of aryl methyl sites for hydroxylation is 1. The van der Waals surface area contributed by atoms with Gasteiger partial charge in [0.25, 0.3) is 5.91 Å². The summed E-state index contributed by atoms with van der Waals surface area (Å²) >= 11 is 0. The molecule has 0 saturated heterocycles. The molecule has 0 unspecified atom stereocenters. The monoisotopic (exact) mass is 264 g/mol. The Morgan fingerprint density at radius 2 is 2.26 bits per heavy atom. The van der Waals surface area contributed by atoms with Gasteiger partial charge in [0.1, 0.15) is 11.5 Å². The highest BCUT2D eigenvalue weighted by atomic mass is 19.1. The van der Waals surface area contributed by atoms with E-state index in [9.17, 15) is 19.3 Å². The van der Waals surface area contributed by atoms with E-state index < -0.39 is 22.3 Å². The topological polar surface area (TPSA) is 101 Å². The van der Waals surface area contributed by atoms with Crippen LogP contribution in [0.25, 0.3) is 0 Å². The highest BCUT2D eigenvalue weighted by molar-refractivity contribution is 6.05. The molecule has 2 rings (SSSR count). The molecular formula is C11H9FN4O3. The number of benzene rings is 1. The molecule has 0 aliphatic rings. The number of nitrogens with zero attached hydrogens (tertiary/aromatic N) is 2. The highest BCUT2D eigenvalue weighted by Gasteiger charge is 2.27. The van der Waals surface area contributed by atoms with E-state index in [2.05, 4.69) is 15.5 Å². The van der Waals surface area contributed by atoms with Crippen molar-refractivity contribution in [1.29, 1.82) is 0 Å². The Morgan fingerprint density at radius 1 is 1.53 bits per heavy atom. The average Bonchev–Trinajstić information content (AvgIpc) is 2.71. The zero-order chi connectivity index (χ0) is 14.0. The third-order valence-corrected chi connectivity index (χ3v) is 2.40. The van der Waals surface area contributed by atoms with Gasteiger partial charge in [0, 0.05) is 5.69 Å². The first-order valence-electron chi connectivity index (χ1n) is 5.25. The van der Waals surface area contributed by atoms with Gasteiger partial charge < -0.3 is 5.32 Å². The Labute approximate surface area is 106 Å². The number of nitro groups is 1. The first-order chi connectivity index (χ1) is 8.99. The van der Waals surface area contributed by atoms with Gasteiger partial charge in [-0.15, -0.1) is 0 Å². The van der Waals surface area contributed by atoms with E-state index in [1.165, 1.54) is 25.1 Å². The predicted octanol–water partition coefficient (Wildman–Crippen LogP) is 2.02. The predicted molar refractivity (Wildman–Crippen MR) is 64.3 cm³/mol. The van der Waals surface area contributed by atoms with Crippen molar-refractivity contribution in [2.24, 2.45) is 0 Å². The SMILES string of the molecule is Cc1[nH]nc(C(=O)Nc2cccc(F)c2)c1[N+](=O)[O-]. The van der Waals surface area contributed by atoms with Crippen LogP contribution in [0.4, 0.5) is 15.8 Å². The van der Waals surface area contributed by atoms with Gasteiger partial charge in [-0.2, -0.15) is 5.10 Å². The summed E-state index contributed by atoms with van der Waals surface area (Å²) in [7, 11) is 0. The van der Waals surface area contributed by atoms with Crippen molar-refractivity contribution in [2.75, 3.05) is 5.32 Å². The van der Waals surface area contributed by atoms with Crippen molar-refractivity contribution in [2.45, 2.75) is 6.92 Å². The lowest BCUT2D eigenvalue weighted by Crippen LogP contribution is -2.14. The lowest BCUT2D eigenvalue weighted by Gasteiger charge is -2.02. The number of carbonyl (C=O) groups excluding carboxylic acids is 1. The molecule has 2 aromatic rings. The molecule has 8 heteroatoms. The number of amides is 1. The van der Waals surface area contributed by atoms with Crippen LogP contribution in [0.3, 0.4) is 0 Å². The summed E-state index contributed by atoms with van der Waals surface area (Å²) in [5.74, 6) is -1.30. The number of rotatable bonds is 3. The maximum Gasteiger partial charge on any atom is 0.322 e. The van der Waals surface area contributed by atoms with Crippen LogP contribution >= 0.6 is 0 Å². The molecule has 1 heterocycles. The van der Waals surface area contributed by atoms with Crippen LogP contribution in [-0.2, 0) is 0 Å². The van der Waals surface area contributed by atoms with E-state index in [4.69, 9.17) is 0 Å². The van der Waals surface area contributed by atoms with Gasteiger partial charge in [-0.1, -0.05) is 6.07 Å². The summed E-state index contributed by atoms with van der Waals surface area (Å²) < 4.78 is 13.0. The number of hydrogen-bond donors (Lipinski definition) is 2. The van der Waals surface area contributed by atoms with E-state index in [0.29, 0.717) is 0 Å². The molecule has 19 heavy (non-hydrogen) atoms. The standard InChI is InChI=1S/C11H9FN4O3/c1-6-10(16(18)19)9(15-14-6)11(17)13-8-4-2-3-7(12)5-8/h2-5H,1H3,(H,13,17)(H,14,15). The fraction of sp³-hybridized carbons (Fsp3) is 0.0909. The summed E-state index contributed by atoms with van der Waals surface area (Å²) in [4.78, 5) is 22.0. The van der Waals surface area contributed by atoms with Crippen molar-refractivity contribution in [3.8, 4) is 0 Å². The number of halogens is 1. The van der Waals surface area contributed by atoms with Gasteiger partial charge in [0.05, 0.1) is 4.92 Å². The van der Waals surface area contributed by atoms with Crippen LogP contribution in [0.2, 0.25) is 0 Å². The molecule has 2 N–H and O–H groups in total. The van der Waals surface area contributed by atoms with Gasteiger partial charge in [-0.05, 0) is 25.1 Å². The fourth-order valence-corrected chi connectivity index (χ4v) is 1.56. The Balaban J connectivity index is 2.28. The quantitative estimate of drug-likeness (QED) is 0.654. The Bertz CT molecular complexity index is 653. The molecule has 1 amide bonds. The van der Waals surface area contributed by atoms with E-state index in [0.717, 1.165) is 6.07 Å². The summed E-state index contributed by atoms with van der Waals surface area (Å²) in [6, 6.07) is 5.20. The first kappa shape index (κ1) is 12.7. The molecular weight excluding hydrogens is 255 g/mol. The molecule has 0 fully saturated rings. The number of carbonyl (C=O) groups is 1. The second-order valence-electron chi connectivity index (χ2n) is 3.77. The minimum absolute atomic E-state index is 0.175. The molecule has 0 aliphatic heterocycles. The van der Waals surface area contributed by atoms with E-state index in [-0.39, 0.29) is 17.1 Å². The van der Waals surface area contributed by atoms with E-state index in [1.54, 1.807) is 0 Å². The highest BCUT2D eigenvalue weighted by Crippen LogP contribution is 2.21. The van der Waals surface area contributed by atoms with Crippen molar-refractivity contribution in [3.63, 3.8) is 0 Å². The zero-order valence-electron chi connectivity index (χ0n) is 9.81. The van der Waals surface area contributed by atoms with Gasteiger partial charge in [0.2, 0.25) is 5.69 Å². The minimum atomic E-state index is -0.776. The Kier molecular flexibility index (Phi) is 3.23. The van der Waals surface area contributed by atoms with Crippen molar-refractivity contribution in [3.05, 3.63) is 51.6 Å². The smallest absolute Gasteiger partial charge is 0.320 e. The largest absolute Gasteiger partial charge is 0.322 e. The van der Waals surface area contributed by atoms with Crippen LogP contribution < -0.4 is 5.32 Å². The van der Waals surface area contributed by atoms with Crippen LogP contribution in [0.1, 0.15) is 16.2 Å². The Morgan fingerprint density at radius 3 is 2.89 bits per heavy atom. The van der Waals surface area contributed by atoms with E-state index in [1.807, 2.05) is 0 Å². The molecule has 1 aromatic heterocycles. The molecule has 0 spiro atoms. The number of aromatic nitrogens is 2. The number of nitrogens with one attached hydrogen (secondary N) is 2. The maximum absolute atomic E-state index is 13.0. The van der Waals surface area contributed by atoms with Crippen molar-refractivity contribution < 1.29 is 14.1 Å². The van der Waals surface area contributed by atoms with Crippen LogP contribution in [0.15, 0.2) is 24.3 Å². The summed E-state index contributed by atoms with van der Waals surface area (Å²) in [5.41, 5.74) is -0.366. The third-order valence-electron chi connectivity index (χ3n) is 2.40. The second-order valence-corrected chi connectivity index (χ2v) is 3.77. The molecule has 98 valence electrons. The molecule has 0 radical (unpaired) electrons. The molecule has 0 saturated carbocycles. The van der Waals surface area contributed by atoms with Gasteiger partial charge in [-0.25, -0.2) is 4.39 Å². The molecule has 0 atom stereocenters. The summed E-state index contributed by atoms with van der Waals surface area (Å²) in [6.45, 7) is 1.43. The number of hydrogen-bond acceptors (Lipinski definition) is 4. The van der Waals surface area contributed by atoms with Gasteiger partial charge in [-0.3, -0.25) is 20.0 Å². The normalized spacial score (nSPS) is 10.2. The third kappa shape index (κ3) is 2.57. The first-order valence-corrected chi connectivity index (χ1v) is 5.25. The molecule has 7 nitrogen and oxygen atoms in total. The molecule has 1 aromatic carbocycles. The number of aromatic amines is 1. The van der Waals surface area contributed by atoms with Crippen LogP contribution in [0.5, 0.6) is 0 Å². The van der Waals surface area contributed by atoms with Crippen molar-refractivity contribution >= 4 is 17.3 Å². The fourth-order valence-electron chi connectivity index (χ4n) is 1.56. The van der Waals surface area contributed by atoms with Crippen molar-refractivity contribution in [1.82, 2.24) is 10.2 Å². The number of H-pyrrole nitrogens is 1. The lowest BCUT2D eigenvalue weighted by molar-refractivity contribution is -0.385.